The van der Waals surface area contributed by atoms with Crippen LogP contribution in [0.4, 0.5) is 0 Å². The predicted octanol–water partition coefficient (Wildman–Crippen LogP) is 0.967. The number of aromatic nitrogens is 2. The molecule has 7 nitrogen and oxygen atoms in total. The minimum absolute atomic E-state index is 0.0615. The molecule has 0 saturated heterocycles. The van der Waals surface area contributed by atoms with Gasteiger partial charge in [0.2, 0.25) is 0 Å². The first kappa shape index (κ1) is 15.9. The van der Waals surface area contributed by atoms with Gasteiger partial charge in [0, 0.05) is 11.4 Å². The fourth-order valence-corrected chi connectivity index (χ4v) is 1.48. The van der Waals surface area contributed by atoms with E-state index in [1.54, 1.807) is 33.8 Å². The molecule has 0 radical (unpaired) electrons. The molecule has 0 aliphatic rings. The molecular formula is C13H18N2O5. The van der Waals surface area contributed by atoms with Gasteiger partial charge in [-0.25, -0.2) is 19.6 Å². The Labute approximate surface area is 117 Å². The molecular weight excluding hydrogens is 264 g/mol. The van der Waals surface area contributed by atoms with Crippen LogP contribution >= 0.6 is 0 Å². The molecule has 1 aromatic heterocycles. The standard InChI is InChI=1S/C13H18N2O5/c1-5-18-11(16)10(12(17)19-6-2)20-13-14-8(3)7-9(4)15-13/h7,10H,5-6H2,1-4H3. The maximum absolute atomic E-state index is 11.7. The van der Waals surface area contributed by atoms with Crippen molar-refractivity contribution in [3.63, 3.8) is 0 Å². The van der Waals surface area contributed by atoms with E-state index >= 15 is 0 Å². The van der Waals surface area contributed by atoms with Crippen molar-refractivity contribution in [2.45, 2.75) is 33.8 Å². The van der Waals surface area contributed by atoms with Crippen LogP contribution in [-0.2, 0) is 19.1 Å². The number of aryl methyl sites for hydroxylation is 2. The molecule has 1 rings (SSSR count). The minimum atomic E-state index is -1.52. The Kier molecular flexibility index (Phi) is 5.89. The Morgan fingerprint density at radius 3 is 1.90 bits per heavy atom. The van der Waals surface area contributed by atoms with Gasteiger partial charge in [0.15, 0.2) is 0 Å². The van der Waals surface area contributed by atoms with Crippen LogP contribution in [0.2, 0.25) is 0 Å². The number of hydrogen-bond acceptors (Lipinski definition) is 7. The van der Waals surface area contributed by atoms with Crippen LogP contribution in [0.5, 0.6) is 6.01 Å². The molecule has 7 heteroatoms. The number of rotatable bonds is 6. The Morgan fingerprint density at radius 2 is 1.50 bits per heavy atom. The summed E-state index contributed by atoms with van der Waals surface area (Å²) in [4.78, 5) is 31.5. The highest BCUT2D eigenvalue weighted by atomic mass is 16.6. The van der Waals surface area contributed by atoms with E-state index < -0.39 is 18.0 Å². The quantitative estimate of drug-likeness (QED) is 0.567. The van der Waals surface area contributed by atoms with E-state index in [1.165, 1.54) is 0 Å². The normalized spacial score (nSPS) is 10.2. The molecule has 0 spiro atoms. The highest BCUT2D eigenvalue weighted by Gasteiger charge is 2.32. The van der Waals surface area contributed by atoms with Crippen molar-refractivity contribution in [2.75, 3.05) is 13.2 Å². The zero-order valence-electron chi connectivity index (χ0n) is 12.0. The van der Waals surface area contributed by atoms with Crippen LogP contribution in [0.3, 0.4) is 0 Å². The van der Waals surface area contributed by atoms with E-state index in [0.29, 0.717) is 11.4 Å². The van der Waals surface area contributed by atoms with Gasteiger partial charge in [0.1, 0.15) is 0 Å². The summed E-state index contributed by atoms with van der Waals surface area (Å²) in [5.74, 6) is -1.65. The number of hydrogen-bond donors (Lipinski definition) is 0. The van der Waals surface area contributed by atoms with Crippen molar-refractivity contribution in [3.05, 3.63) is 17.5 Å². The van der Waals surface area contributed by atoms with Gasteiger partial charge in [-0.3, -0.25) is 0 Å². The van der Waals surface area contributed by atoms with Crippen LogP contribution in [0.15, 0.2) is 6.07 Å². The number of nitrogens with zero attached hydrogens (tertiary/aromatic N) is 2. The van der Waals surface area contributed by atoms with Crippen molar-refractivity contribution in [3.8, 4) is 6.01 Å². The van der Waals surface area contributed by atoms with E-state index in [4.69, 9.17) is 14.2 Å². The van der Waals surface area contributed by atoms with Gasteiger partial charge in [-0.2, -0.15) is 0 Å². The molecule has 1 aromatic rings. The third-order valence-electron chi connectivity index (χ3n) is 2.19. The van der Waals surface area contributed by atoms with Crippen molar-refractivity contribution < 1.29 is 23.8 Å². The largest absolute Gasteiger partial charge is 0.463 e. The van der Waals surface area contributed by atoms with Crippen molar-refractivity contribution >= 4 is 11.9 Å². The van der Waals surface area contributed by atoms with Gasteiger partial charge in [-0.05, 0) is 33.8 Å². The predicted molar refractivity (Wildman–Crippen MR) is 69.2 cm³/mol. The van der Waals surface area contributed by atoms with Crippen molar-refractivity contribution in [1.29, 1.82) is 0 Å². The van der Waals surface area contributed by atoms with Gasteiger partial charge in [-0.1, -0.05) is 0 Å². The maximum Gasteiger partial charge on any atom is 0.359 e. The van der Waals surface area contributed by atoms with Gasteiger partial charge in [-0.15, -0.1) is 0 Å². The summed E-state index contributed by atoms with van der Waals surface area (Å²) in [6.45, 7) is 7.04. The smallest absolute Gasteiger partial charge is 0.359 e. The van der Waals surface area contributed by atoms with E-state index in [1.807, 2.05) is 0 Å². The molecule has 0 saturated carbocycles. The summed E-state index contributed by atoms with van der Waals surface area (Å²) in [5, 5.41) is 0. The van der Waals surface area contributed by atoms with Crippen LogP contribution in [0, 0.1) is 13.8 Å². The van der Waals surface area contributed by atoms with Gasteiger partial charge >= 0.3 is 17.9 Å². The third kappa shape index (κ3) is 4.49. The molecule has 0 atom stereocenters. The highest BCUT2D eigenvalue weighted by molar-refractivity contribution is 5.98. The molecule has 0 aliphatic heterocycles. The summed E-state index contributed by atoms with van der Waals surface area (Å²) in [5.41, 5.74) is 1.33. The first-order valence-electron chi connectivity index (χ1n) is 6.30. The number of esters is 2. The third-order valence-corrected chi connectivity index (χ3v) is 2.19. The Balaban J connectivity index is 2.93. The Morgan fingerprint density at radius 1 is 1.05 bits per heavy atom. The zero-order chi connectivity index (χ0) is 15.1. The van der Waals surface area contributed by atoms with E-state index in [-0.39, 0.29) is 19.2 Å². The molecule has 110 valence electrons. The van der Waals surface area contributed by atoms with E-state index in [0.717, 1.165) is 0 Å². The lowest BCUT2D eigenvalue weighted by Gasteiger charge is -2.15. The summed E-state index contributed by atoms with van der Waals surface area (Å²) in [6.07, 6.45) is -1.52. The topological polar surface area (TPSA) is 87.6 Å². The molecule has 1 heterocycles. The molecule has 20 heavy (non-hydrogen) atoms. The highest BCUT2D eigenvalue weighted by Crippen LogP contribution is 2.10. The van der Waals surface area contributed by atoms with Crippen LogP contribution < -0.4 is 4.74 Å². The second-order valence-electron chi connectivity index (χ2n) is 3.94. The average molecular weight is 282 g/mol. The molecule has 0 amide bonds. The van der Waals surface area contributed by atoms with Crippen molar-refractivity contribution in [1.82, 2.24) is 9.97 Å². The second kappa shape index (κ2) is 7.42. The fraction of sp³-hybridized carbons (Fsp3) is 0.538. The van der Waals surface area contributed by atoms with E-state index in [9.17, 15) is 9.59 Å². The first-order chi connectivity index (χ1) is 9.47. The number of ether oxygens (including phenoxy) is 3. The van der Waals surface area contributed by atoms with Crippen LogP contribution in [0.1, 0.15) is 25.2 Å². The van der Waals surface area contributed by atoms with Gasteiger partial charge in [0.05, 0.1) is 13.2 Å². The average Bonchev–Trinajstić information content (AvgIpc) is 2.35. The monoisotopic (exact) mass is 282 g/mol. The molecule has 0 aliphatic carbocycles. The maximum atomic E-state index is 11.7. The number of carbonyl (C=O) groups excluding carboxylic acids is 2. The summed E-state index contributed by atoms with van der Waals surface area (Å²) >= 11 is 0. The molecule has 0 aromatic carbocycles. The lowest BCUT2D eigenvalue weighted by molar-refractivity contribution is -0.166. The SMILES string of the molecule is CCOC(=O)C(Oc1nc(C)cc(C)n1)C(=O)OCC. The van der Waals surface area contributed by atoms with Gasteiger partial charge < -0.3 is 14.2 Å². The summed E-state index contributed by atoms with van der Waals surface area (Å²) < 4.78 is 14.8. The lowest BCUT2D eigenvalue weighted by atomic mass is 10.3. The number of carbonyl (C=O) groups is 2. The minimum Gasteiger partial charge on any atom is -0.463 e. The van der Waals surface area contributed by atoms with Crippen LogP contribution in [-0.4, -0.2) is 41.2 Å². The second-order valence-corrected chi connectivity index (χ2v) is 3.94. The molecule has 0 N–H and O–H groups in total. The van der Waals surface area contributed by atoms with Crippen molar-refractivity contribution in [2.24, 2.45) is 0 Å². The van der Waals surface area contributed by atoms with Crippen LogP contribution in [0.25, 0.3) is 0 Å². The van der Waals surface area contributed by atoms with Gasteiger partial charge in [0.25, 0.3) is 6.10 Å². The lowest BCUT2D eigenvalue weighted by Crippen LogP contribution is -2.39. The Hall–Kier alpha value is -2.18. The molecule has 0 fully saturated rings. The Bertz CT molecular complexity index is 451. The fourth-order valence-electron chi connectivity index (χ4n) is 1.48. The molecule has 0 unspecified atom stereocenters. The molecule has 0 bridgehead atoms. The summed E-state index contributed by atoms with van der Waals surface area (Å²) in [6, 6.07) is 1.69. The summed E-state index contributed by atoms with van der Waals surface area (Å²) in [7, 11) is 0. The first-order valence-corrected chi connectivity index (χ1v) is 6.30. The van der Waals surface area contributed by atoms with E-state index in [2.05, 4.69) is 9.97 Å². The zero-order valence-corrected chi connectivity index (χ0v) is 12.0.